The summed E-state index contributed by atoms with van der Waals surface area (Å²) in [5.41, 5.74) is 0.925. The first-order valence-electron chi connectivity index (χ1n) is 9.26. The molecule has 145 valence electrons. The van der Waals surface area contributed by atoms with E-state index in [1.165, 1.54) is 5.19 Å². The van der Waals surface area contributed by atoms with Crippen molar-refractivity contribution in [3.8, 4) is 0 Å². The Morgan fingerprint density at radius 3 is 2.65 bits per heavy atom. The molecule has 0 aliphatic carbocycles. The lowest BCUT2D eigenvalue weighted by Gasteiger charge is -2.26. The van der Waals surface area contributed by atoms with Crippen LogP contribution in [-0.4, -0.2) is 36.7 Å². The Balaban J connectivity index is 2.77. The molecule has 0 fully saturated rings. The molecule has 0 heterocycles. The van der Waals surface area contributed by atoms with Crippen LogP contribution in [-0.2, 0) is 9.22 Å². The second-order valence-electron chi connectivity index (χ2n) is 7.54. The van der Waals surface area contributed by atoms with Gasteiger partial charge in [0.25, 0.3) is 9.04 Å². The SMILES string of the molecule is C=C(C)O[Si](C)CC[Si](C)(C)c1cccc(N(C)C(=O)CCCCF)c1. The molecule has 0 aliphatic heterocycles. The van der Waals surface area contributed by atoms with Crippen LogP contribution in [0.15, 0.2) is 36.6 Å². The first-order valence-corrected chi connectivity index (χ1v) is 14.6. The van der Waals surface area contributed by atoms with E-state index >= 15 is 0 Å². The molecule has 1 amide bonds. The van der Waals surface area contributed by atoms with Crippen molar-refractivity contribution in [1.82, 2.24) is 0 Å². The van der Waals surface area contributed by atoms with E-state index in [2.05, 4.69) is 38.4 Å². The number of hydrogen-bond acceptors (Lipinski definition) is 2. The Morgan fingerprint density at radius 1 is 1.35 bits per heavy atom. The fourth-order valence-corrected chi connectivity index (χ4v) is 8.78. The number of rotatable bonds is 11. The Kier molecular flexibility index (Phi) is 9.29. The molecule has 0 N–H and O–H groups in total. The third kappa shape index (κ3) is 7.45. The van der Waals surface area contributed by atoms with E-state index in [1.54, 1.807) is 11.9 Å². The van der Waals surface area contributed by atoms with Crippen LogP contribution in [0.3, 0.4) is 0 Å². The van der Waals surface area contributed by atoms with Crippen molar-refractivity contribution in [3.63, 3.8) is 0 Å². The second kappa shape index (κ2) is 10.7. The summed E-state index contributed by atoms with van der Waals surface area (Å²) in [4.78, 5) is 14.0. The topological polar surface area (TPSA) is 29.5 Å². The molecule has 0 spiro atoms. The fourth-order valence-electron chi connectivity index (χ4n) is 2.80. The number of nitrogens with zero attached hydrogens (tertiary/aromatic N) is 1. The van der Waals surface area contributed by atoms with Gasteiger partial charge in [-0.15, -0.1) is 0 Å². The molecule has 0 saturated carbocycles. The third-order valence-corrected chi connectivity index (χ3v) is 10.1. The van der Waals surface area contributed by atoms with E-state index in [9.17, 15) is 9.18 Å². The van der Waals surface area contributed by atoms with Crippen LogP contribution in [0.5, 0.6) is 0 Å². The molecule has 0 aromatic heterocycles. The van der Waals surface area contributed by atoms with E-state index in [4.69, 9.17) is 4.43 Å². The van der Waals surface area contributed by atoms with Gasteiger partial charge < -0.3 is 9.33 Å². The van der Waals surface area contributed by atoms with Crippen molar-refractivity contribution < 1.29 is 13.6 Å². The lowest BCUT2D eigenvalue weighted by atomic mass is 10.2. The van der Waals surface area contributed by atoms with Crippen molar-refractivity contribution in [3.05, 3.63) is 36.6 Å². The van der Waals surface area contributed by atoms with Crippen LogP contribution in [0.2, 0.25) is 31.7 Å². The summed E-state index contributed by atoms with van der Waals surface area (Å²) >= 11 is 0. The van der Waals surface area contributed by atoms with Crippen molar-refractivity contribution in [1.29, 1.82) is 0 Å². The summed E-state index contributed by atoms with van der Waals surface area (Å²) in [6.07, 6.45) is 1.45. The first kappa shape index (κ1) is 22.6. The lowest BCUT2D eigenvalue weighted by molar-refractivity contribution is -0.118. The molecular formula is C20H33FNO2Si2. The van der Waals surface area contributed by atoms with Gasteiger partial charge in [-0.25, -0.2) is 0 Å². The van der Waals surface area contributed by atoms with Gasteiger partial charge in [0.1, 0.15) is 0 Å². The summed E-state index contributed by atoms with van der Waals surface area (Å²) in [6, 6.07) is 10.6. The normalized spacial score (nSPS) is 11.5. The maximum absolute atomic E-state index is 12.3. The molecule has 1 rings (SSSR count). The highest BCUT2D eigenvalue weighted by Gasteiger charge is 2.26. The molecule has 0 aliphatic rings. The molecule has 1 aromatic rings. The van der Waals surface area contributed by atoms with E-state index in [1.807, 2.05) is 19.1 Å². The lowest BCUT2D eigenvalue weighted by Crippen LogP contribution is -2.42. The van der Waals surface area contributed by atoms with Gasteiger partial charge in [-0.05, 0) is 44.5 Å². The van der Waals surface area contributed by atoms with Crippen molar-refractivity contribution in [2.75, 3.05) is 18.6 Å². The van der Waals surface area contributed by atoms with Gasteiger partial charge >= 0.3 is 0 Å². The number of carbonyl (C=O) groups excluding carboxylic acids is 1. The molecular weight excluding hydrogens is 361 g/mol. The maximum Gasteiger partial charge on any atom is 0.276 e. The van der Waals surface area contributed by atoms with Gasteiger partial charge in [0, 0.05) is 19.2 Å². The monoisotopic (exact) mass is 394 g/mol. The minimum atomic E-state index is -1.61. The van der Waals surface area contributed by atoms with Gasteiger partial charge in [0.2, 0.25) is 5.91 Å². The number of benzene rings is 1. The predicted octanol–water partition coefficient (Wildman–Crippen LogP) is 4.88. The highest BCUT2D eigenvalue weighted by Crippen LogP contribution is 2.20. The Labute approximate surface area is 161 Å². The molecule has 0 bridgehead atoms. The predicted molar refractivity (Wildman–Crippen MR) is 114 cm³/mol. The number of amides is 1. The van der Waals surface area contributed by atoms with Crippen LogP contribution in [0.1, 0.15) is 26.2 Å². The summed E-state index contributed by atoms with van der Waals surface area (Å²) in [6.45, 7) is 12.3. The largest absolute Gasteiger partial charge is 0.546 e. The molecule has 0 unspecified atom stereocenters. The molecule has 1 aromatic carbocycles. The number of carbonyl (C=O) groups is 1. The molecule has 0 saturated heterocycles. The Morgan fingerprint density at radius 2 is 2.04 bits per heavy atom. The van der Waals surface area contributed by atoms with Gasteiger partial charge in [-0.1, -0.05) is 43.0 Å². The highest BCUT2D eigenvalue weighted by atomic mass is 28.3. The van der Waals surface area contributed by atoms with Crippen molar-refractivity contribution >= 4 is 33.9 Å². The maximum atomic E-state index is 12.3. The first-order chi connectivity index (χ1) is 12.2. The van der Waals surface area contributed by atoms with E-state index < -0.39 is 17.1 Å². The number of anilines is 1. The quantitative estimate of drug-likeness (QED) is 0.304. The summed E-state index contributed by atoms with van der Waals surface area (Å²) < 4.78 is 18.0. The average molecular weight is 395 g/mol. The number of hydrogen-bond donors (Lipinski definition) is 0. The van der Waals surface area contributed by atoms with Crippen molar-refractivity contribution in [2.45, 2.75) is 57.9 Å². The van der Waals surface area contributed by atoms with Gasteiger partial charge in [-0.2, -0.15) is 0 Å². The summed E-state index contributed by atoms with van der Waals surface area (Å²) in [5.74, 6) is 0.847. The average Bonchev–Trinajstić information content (AvgIpc) is 2.59. The third-order valence-electron chi connectivity index (χ3n) is 4.61. The Bertz CT molecular complexity index is 607. The van der Waals surface area contributed by atoms with Crippen LogP contribution in [0.25, 0.3) is 0 Å². The Hall–Kier alpha value is -1.41. The number of unbranched alkanes of at least 4 members (excludes halogenated alkanes) is 1. The van der Waals surface area contributed by atoms with E-state index in [0.29, 0.717) is 19.3 Å². The van der Waals surface area contributed by atoms with Gasteiger partial charge in [0.05, 0.1) is 20.5 Å². The molecule has 3 nitrogen and oxygen atoms in total. The number of halogens is 1. The smallest absolute Gasteiger partial charge is 0.276 e. The minimum absolute atomic E-state index is 0.0454. The van der Waals surface area contributed by atoms with Crippen LogP contribution < -0.4 is 10.1 Å². The molecule has 0 atom stereocenters. The summed E-state index contributed by atoms with van der Waals surface area (Å²) in [5, 5.41) is 1.35. The van der Waals surface area contributed by atoms with E-state index in [-0.39, 0.29) is 12.6 Å². The zero-order chi connectivity index (χ0) is 19.7. The summed E-state index contributed by atoms with van der Waals surface area (Å²) in [7, 11) is -0.644. The molecule has 6 heteroatoms. The molecule has 26 heavy (non-hydrogen) atoms. The minimum Gasteiger partial charge on any atom is -0.546 e. The number of allylic oxidation sites excluding steroid dienone is 1. The van der Waals surface area contributed by atoms with Crippen molar-refractivity contribution in [2.24, 2.45) is 0 Å². The van der Waals surface area contributed by atoms with E-state index in [0.717, 1.165) is 23.5 Å². The van der Waals surface area contributed by atoms with Crippen LogP contribution in [0, 0.1) is 0 Å². The zero-order valence-corrected chi connectivity index (χ0v) is 18.9. The molecule has 1 radical (unpaired) electrons. The van der Waals surface area contributed by atoms with Gasteiger partial charge in [-0.3, -0.25) is 9.18 Å². The van der Waals surface area contributed by atoms with Crippen LogP contribution >= 0.6 is 0 Å². The second-order valence-corrected chi connectivity index (χ2v) is 14.5. The van der Waals surface area contributed by atoms with Gasteiger partial charge in [0.15, 0.2) is 0 Å². The standard InChI is InChI=1S/C20H33FNO2Si2/c1-17(2)24-25(4)14-15-26(5,6)19-11-9-10-18(16-19)22(3)20(23)12-7-8-13-21/h9-11,16H,1,7-8,12-15H2,2-6H3. The number of alkyl halides is 1. The highest BCUT2D eigenvalue weighted by molar-refractivity contribution is 6.90. The zero-order valence-electron chi connectivity index (χ0n) is 16.9. The van der Waals surface area contributed by atoms with Crippen LogP contribution in [0.4, 0.5) is 10.1 Å². The fraction of sp³-hybridized carbons (Fsp3) is 0.550.